The molecule has 8 nitrogen and oxygen atoms in total. The van der Waals surface area contributed by atoms with E-state index in [-0.39, 0.29) is 0 Å². The van der Waals surface area contributed by atoms with E-state index in [2.05, 4.69) is 4.98 Å². The van der Waals surface area contributed by atoms with Crippen LogP contribution in [0.15, 0.2) is 60.7 Å². The Labute approximate surface area is 168 Å². The van der Waals surface area contributed by atoms with E-state index in [0.29, 0.717) is 23.1 Å². The molecular formula is C19H21ClN4O4. The summed E-state index contributed by atoms with van der Waals surface area (Å²) in [4.78, 5) is 31.0. The van der Waals surface area contributed by atoms with Gasteiger partial charge in [0, 0.05) is 33.0 Å². The Hall–Kier alpha value is -3.26. The number of ether oxygens (including phenoxy) is 2. The van der Waals surface area contributed by atoms with Gasteiger partial charge in [0.1, 0.15) is 11.0 Å². The minimum atomic E-state index is -0.723. The Morgan fingerprint density at radius 3 is 2.46 bits per heavy atom. The molecule has 0 aliphatic rings. The zero-order valence-corrected chi connectivity index (χ0v) is 16.3. The summed E-state index contributed by atoms with van der Waals surface area (Å²) < 4.78 is 9.92. The minimum absolute atomic E-state index is 0.366. The van der Waals surface area contributed by atoms with Crippen molar-refractivity contribution in [1.82, 2.24) is 14.8 Å². The summed E-state index contributed by atoms with van der Waals surface area (Å²) in [5.74, 6) is -0.188. The summed E-state index contributed by atoms with van der Waals surface area (Å²) in [6.45, 7) is -0.0760. The average molecular weight is 405 g/mol. The first-order chi connectivity index (χ1) is 13.4. The van der Waals surface area contributed by atoms with Crippen LogP contribution in [0.4, 0.5) is 4.79 Å². The molecule has 2 N–H and O–H groups in total. The van der Waals surface area contributed by atoms with E-state index in [1.807, 2.05) is 6.07 Å². The van der Waals surface area contributed by atoms with Crippen LogP contribution >= 0.6 is 11.6 Å². The summed E-state index contributed by atoms with van der Waals surface area (Å²) in [6.07, 6.45) is 2.19. The third-order valence-corrected chi connectivity index (χ3v) is 3.97. The van der Waals surface area contributed by atoms with Gasteiger partial charge in [-0.2, -0.15) is 0 Å². The van der Waals surface area contributed by atoms with Gasteiger partial charge in [-0.25, -0.2) is 14.6 Å². The average Bonchev–Trinajstić information content (AvgIpc) is 2.70. The first-order valence-electron chi connectivity index (χ1n) is 8.28. The van der Waals surface area contributed by atoms with Gasteiger partial charge in [0.25, 0.3) is 0 Å². The lowest BCUT2D eigenvalue weighted by atomic mass is 10.2. The van der Waals surface area contributed by atoms with Gasteiger partial charge in [-0.1, -0.05) is 35.9 Å². The van der Waals surface area contributed by atoms with Crippen LogP contribution in [0.1, 0.15) is 15.9 Å². The molecule has 1 aromatic carbocycles. The van der Waals surface area contributed by atoms with Gasteiger partial charge in [0.15, 0.2) is 0 Å². The molecule has 0 fully saturated rings. The molecule has 0 aliphatic heterocycles. The van der Waals surface area contributed by atoms with Crippen molar-refractivity contribution in [3.63, 3.8) is 0 Å². The number of carbonyl (C=O) groups is 2. The lowest BCUT2D eigenvalue weighted by Gasteiger charge is -2.28. The molecule has 1 amide bonds. The number of halogens is 1. The van der Waals surface area contributed by atoms with Crippen LogP contribution in [0.3, 0.4) is 0 Å². The van der Waals surface area contributed by atoms with E-state index in [1.54, 1.807) is 54.5 Å². The lowest BCUT2D eigenvalue weighted by Crippen LogP contribution is -2.36. The molecule has 1 heterocycles. The second-order valence-electron chi connectivity index (χ2n) is 5.76. The Balaban J connectivity index is 1.87. The number of aromatic nitrogens is 1. The first-order valence-corrected chi connectivity index (χ1v) is 8.66. The standard InChI is InChI=1S/C19H21ClN4O4/c1-23(12-14-8-9-16(20)22-11-14)17(10-21)24(2)19(26)28-13-27-18(25)15-6-4-3-5-7-15/h3-11H,12-13,21H2,1-2H3/b17-10+. The van der Waals surface area contributed by atoms with Crippen LogP contribution in [0.25, 0.3) is 0 Å². The molecule has 1 aromatic heterocycles. The molecule has 0 radical (unpaired) electrons. The predicted octanol–water partition coefficient (Wildman–Crippen LogP) is 2.81. The second-order valence-corrected chi connectivity index (χ2v) is 6.14. The highest BCUT2D eigenvalue weighted by molar-refractivity contribution is 6.29. The molecule has 2 rings (SSSR count). The van der Waals surface area contributed by atoms with E-state index in [1.165, 1.54) is 18.1 Å². The monoisotopic (exact) mass is 404 g/mol. The molecule has 0 saturated heterocycles. The fourth-order valence-electron chi connectivity index (χ4n) is 2.33. The molecule has 2 aromatic rings. The first kappa shape index (κ1) is 21.0. The van der Waals surface area contributed by atoms with Crippen molar-refractivity contribution in [2.45, 2.75) is 6.54 Å². The third-order valence-electron chi connectivity index (χ3n) is 3.75. The van der Waals surface area contributed by atoms with E-state index < -0.39 is 18.9 Å². The largest absolute Gasteiger partial charge is 0.424 e. The maximum absolute atomic E-state index is 12.2. The van der Waals surface area contributed by atoms with Gasteiger partial charge < -0.3 is 20.1 Å². The number of hydrogen-bond donors (Lipinski definition) is 1. The SMILES string of the molecule is CN(Cc1ccc(Cl)nc1)/C(=C\N)N(C)C(=O)OCOC(=O)c1ccccc1. The number of esters is 1. The maximum atomic E-state index is 12.2. The summed E-state index contributed by atoms with van der Waals surface area (Å²) in [5, 5.41) is 0.395. The fourth-order valence-corrected chi connectivity index (χ4v) is 2.44. The van der Waals surface area contributed by atoms with Crippen molar-refractivity contribution in [3.8, 4) is 0 Å². The van der Waals surface area contributed by atoms with E-state index in [0.717, 1.165) is 5.56 Å². The number of amides is 1. The lowest BCUT2D eigenvalue weighted by molar-refractivity contribution is -0.00981. The van der Waals surface area contributed by atoms with Gasteiger partial charge in [-0.3, -0.25) is 4.90 Å². The maximum Gasteiger partial charge on any atom is 0.418 e. The number of hydrogen-bond acceptors (Lipinski definition) is 7. The van der Waals surface area contributed by atoms with Crippen LogP contribution in [0.5, 0.6) is 0 Å². The van der Waals surface area contributed by atoms with Gasteiger partial charge in [-0.05, 0) is 23.8 Å². The van der Waals surface area contributed by atoms with Crippen molar-refractivity contribution in [3.05, 3.63) is 77.0 Å². The summed E-state index contributed by atoms with van der Waals surface area (Å²) in [6, 6.07) is 11.9. The molecular weight excluding hydrogens is 384 g/mol. The molecule has 0 atom stereocenters. The molecule has 0 unspecified atom stereocenters. The van der Waals surface area contributed by atoms with Crippen molar-refractivity contribution in [2.75, 3.05) is 20.9 Å². The Morgan fingerprint density at radius 1 is 1.14 bits per heavy atom. The molecule has 0 bridgehead atoms. The van der Waals surface area contributed by atoms with Crippen molar-refractivity contribution >= 4 is 23.7 Å². The highest BCUT2D eigenvalue weighted by Gasteiger charge is 2.19. The Morgan fingerprint density at radius 2 is 1.86 bits per heavy atom. The van der Waals surface area contributed by atoms with Gasteiger partial charge in [0.2, 0.25) is 6.79 Å². The van der Waals surface area contributed by atoms with Gasteiger partial charge in [0.05, 0.1) is 5.56 Å². The highest BCUT2D eigenvalue weighted by atomic mass is 35.5. The molecule has 28 heavy (non-hydrogen) atoms. The summed E-state index contributed by atoms with van der Waals surface area (Å²) in [7, 11) is 3.25. The number of rotatable bonds is 7. The zero-order chi connectivity index (χ0) is 20.5. The number of carbonyl (C=O) groups excluding carboxylic acids is 2. The minimum Gasteiger partial charge on any atom is -0.424 e. The van der Waals surface area contributed by atoms with Crippen LogP contribution in [-0.4, -0.2) is 47.7 Å². The molecule has 0 aliphatic carbocycles. The highest BCUT2D eigenvalue weighted by Crippen LogP contribution is 2.13. The topological polar surface area (TPSA) is 98.0 Å². The van der Waals surface area contributed by atoms with E-state index in [4.69, 9.17) is 26.8 Å². The molecule has 0 spiro atoms. The number of nitrogens with two attached hydrogens (primary N) is 1. The van der Waals surface area contributed by atoms with Crippen LogP contribution in [0.2, 0.25) is 5.15 Å². The number of nitrogens with zero attached hydrogens (tertiary/aromatic N) is 3. The van der Waals surface area contributed by atoms with E-state index >= 15 is 0 Å². The molecule has 0 saturated carbocycles. The Kier molecular flexibility index (Phi) is 7.65. The van der Waals surface area contributed by atoms with Crippen LogP contribution < -0.4 is 5.73 Å². The van der Waals surface area contributed by atoms with Crippen LogP contribution in [0, 0.1) is 0 Å². The normalized spacial score (nSPS) is 10.9. The van der Waals surface area contributed by atoms with Crippen molar-refractivity contribution in [2.24, 2.45) is 5.73 Å². The van der Waals surface area contributed by atoms with Gasteiger partial charge in [-0.15, -0.1) is 0 Å². The molecule has 9 heteroatoms. The quantitative estimate of drug-likeness (QED) is 0.430. The van der Waals surface area contributed by atoms with Crippen molar-refractivity contribution in [1.29, 1.82) is 0 Å². The molecule has 148 valence electrons. The van der Waals surface area contributed by atoms with Crippen LogP contribution in [-0.2, 0) is 16.0 Å². The number of pyridine rings is 1. The summed E-state index contributed by atoms with van der Waals surface area (Å²) in [5.41, 5.74) is 6.91. The Bertz CT molecular complexity index is 828. The van der Waals surface area contributed by atoms with Crippen molar-refractivity contribution < 1.29 is 19.1 Å². The third kappa shape index (κ3) is 5.88. The summed E-state index contributed by atoms with van der Waals surface area (Å²) >= 11 is 5.78. The van der Waals surface area contributed by atoms with Gasteiger partial charge >= 0.3 is 12.1 Å². The zero-order valence-electron chi connectivity index (χ0n) is 15.5. The number of benzene rings is 1. The smallest absolute Gasteiger partial charge is 0.418 e. The predicted molar refractivity (Wildman–Crippen MR) is 104 cm³/mol. The fraction of sp³-hybridized carbons (Fsp3) is 0.211. The van der Waals surface area contributed by atoms with E-state index in [9.17, 15) is 9.59 Å². The second kappa shape index (κ2) is 10.2.